The van der Waals surface area contributed by atoms with Gasteiger partial charge in [-0.1, -0.05) is 13.8 Å². The molecule has 2 aliphatic carbocycles. The Hall–Kier alpha value is -0.0800. The average molecular weight is 211 g/mol. The van der Waals surface area contributed by atoms with Gasteiger partial charge >= 0.3 is 0 Å². The van der Waals surface area contributed by atoms with Crippen molar-refractivity contribution < 1.29 is 4.74 Å². The normalized spacial score (nSPS) is 39.0. The molecule has 2 fully saturated rings. The second-order valence-corrected chi connectivity index (χ2v) is 6.02. The minimum absolute atomic E-state index is 0.503. The van der Waals surface area contributed by atoms with Crippen molar-refractivity contribution >= 4 is 0 Å². The topological polar surface area (TPSA) is 21.3 Å². The van der Waals surface area contributed by atoms with E-state index in [0.717, 1.165) is 5.92 Å². The SMILES string of the molecule is COC1CCCC(NCC2CC2(C)C)C1. The Morgan fingerprint density at radius 2 is 2.07 bits per heavy atom. The molecule has 0 heterocycles. The zero-order valence-corrected chi connectivity index (χ0v) is 10.4. The van der Waals surface area contributed by atoms with E-state index in [9.17, 15) is 0 Å². The van der Waals surface area contributed by atoms with E-state index in [4.69, 9.17) is 4.74 Å². The number of methoxy groups -OCH3 is 1. The van der Waals surface area contributed by atoms with Crippen LogP contribution in [-0.4, -0.2) is 25.8 Å². The number of rotatable bonds is 4. The van der Waals surface area contributed by atoms with Crippen LogP contribution in [0.3, 0.4) is 0 Å². The average Bonchev–Trinajstić information content (AvgIpc) is 2.84. The largest absolute Gasteiger partial charge is 0.381 e. The molecule has 1 N–H and O–H groups in total. The molecule has 0 saturated heterocycles. The Morgan fingerprint density at radius 1 is 1.33 bits per heavy atom. The van der Waals surface area contributed by atoms with Gasteiger partial charge in [-0.15, -0.1) is 0 Å². The molecule has 0 aromatic rings. The van der Waals surface area contributed by atoms with Gasteiger partial charge in [0.15, 0.2) is 0 Å². The van der Waals surface area contributed by atoms with Gasteiger partial charge in [0.2, 0.25) is 0 Å². The number of hydrogen-bond donors (Lipinski definition) is 1. The molecule has 2 aliphatic rings. The molecule has 2 saturated carbocycles. The van der Waals surface area contributed by atoms with Crippen molar-refractivity contribution in [2.45, 2.75) is 58.1 Å². The minimum Gasteiger partial charge on any atom is -0.381 e. The molecule has 0 spiro atoms. The molecule has 88 valence electrons. The molecule has 0 radical (unpaired) electrons. The van der Waals surface area contributed by atoms with Gasteiger partial charge in [0.05, 0.1) is 6.10 Å². The Labute approximate surface area is 93.8 Å². The van der Waals surface area contributed by atoms with Gasteiger partial charge in [-0.3, -0.25) is 0 Å². The molecule has 15 heavy (non-hydrogen) atoms. The third-order valence-corrected chi connectivity index (χ3v) is 4.33. The summed E-state index contributed by atoms with van der Waals surface area (Å²) in [6.45, 7) is 5.96. The zero-order chi connectivity index (χ0) is 10.9. The first-order valence-electron chi connectivity index (χ1n) is 6.38. The van der Waals surface area contributed by atoms with Gasteiger partial charge in [0, 0.05) is 13.2 Å². The first-order chi connectivity index (χ1) is 7.12. The van der Waals surface area contributed by atoms with E-state index in [1.54, 1.807) is 0 Å². The highest BCUT2D eigenvalue weighted by atomic mass is 16.5. The second kappa shape index (κ2) is 4.42. The Morgan fingerprint density at radius 3 is 2.67 bits per heavy atom. The molecule has 3 unspecified atom stereocenters. The summed E-state index contributed by atoms with van der Waals surface area (Å²) in [5, 5.41) is 3.72. The highest BCUT2D eigenvalue weighted by Gasteiger charge is 2.45. The van der Waals surface area contributed by atoms with Crippen LogP contribution in [0.1, 0.15) is 46.0 Å². The summed E-state index contributed by atoms with van der Waals surface area (Å²) in [5.41, 5.74) is 0.613. The molecule has 0 aromatic heterocycles. The quantitative estimate of drug-likeness (QED) is 0.771. The van der Waals surface area contributed by atoms with E-state index < -0.39 is 0 Å². The van der Waals surface area contributed by atoms with Crippen LogP contribution in [-0.2, 0) is 4.74 Å². The second-order valence-electron chi connectivity index (χ2n) is 6.02. The third kappa shape index (κ3) is 2.94. The van der Waals surface area contributed by atoms with E-state index in [1.807, 2.05) is 7.11 Å². The fraction of sp³-hybridized carbons (Fsp3) is 1.00. The lowest BCUT2D eigenvalue weighted by Crippen LogP contribution is -2.38. The lowest BCUT2D eigenvalue weighted by atomic mass is 9.92. The molecular weight excluding hydrogens is 186 g/mol. The highest BCUT2D eigenvalue weighted by molar-refractivity contribution is 4.96. The summed E-state index contributed by atoms with van der Waals surface area (Å²) < 4.78 is 5.44. The van der Waals surface area contributed by atoms with Crippen LogP contribution in [0.5, 0.6) is 0 Å². The molecule has 2 rings (SSSR count). The first-order valence-corrected chi connectivity index (χ1v) is 6.38. The molecule has 0 amide bonds. The molecule has 3 atom stereocenters. The molecule has 2 heteroatoms. The molecule has 0 bridgehead atoms. The smallest absolute Gasteiger partial charge is 0.0586 e. The number of ether oxygens (including phenoxy) is 1. The fourth-order valence-electron chi connectivity index (χ4n) is 2.78. The van der Waals surface area contributed by atoms with E-state index >= 15 is 0 Å². The van der Waals surface area contributed by atoms with Crippen molar-refractivity contribution in [3.8, 4) is 0 Å². The summed E-state index contributed by atoms with van der Waals surface area (Å²) in [6, 6.07) is 0.708. The van der Waals surface area contributed by atoms with Gasteiger partial charge < -0.3 is 10.1 Å². The number of hydrogen-bond acceptors (Lipinski definition) is 2. The predicted molar refractivity (Wildman–Crippen MR) is 62.9 cm³/mol. The minimum atomic E-state index is 0.503. The van der Waals surface area contributed by atoms with E-state index in [0.29, 0.717) is 17.6 Å². The summed E-state index contributed by atoms with van der Waals surface area (Å²) in [4.78, 5) is 0. The Bertz CT molecular complexity index is 215. The van der Waals surface area contributed by atoms with Crippen LogP contribution in [0.4, 0.5) is 0 Å². The van der Waals surface area contributed by atoms with Crippen LogP contribution < -0.4 is 5.32 Å². The summed E-state index contributed by atoms with van der Waals surface area (Å²) in [6.07, 6.45) is 7.04. The van der Waals surface area contributed by atoms with Crippen molar-refractivity contribution in [3.05, 3.63) is 0 Å². The summed E-state index contributed by atoms with van der Waals surface area (Å²) >= 11 is 0. The van der Waals surface area contributed by atoms with Crippen molar-refractivity contribution in [3.63, 3.8) is 0 Å². The Kier molecular flexibility index (Phi) is 3.36. The van der Waals surface area contributed by atoms with E-state index in [2.05, 4.69) is 19.2 Å². The maximum Gasteiger partial charge on any atom is 0.0586 e. The summed E-state index contributed by atoms with van der Waals surface area (Å²) in [7, 11) is 1.84. The Balaban J connectivity index is 1.66. The van der Waals surface area contributed by atoms with Crippen LogP contribution in [0, 0.1) is 11.3 Å². The fourth-order valence-corrected chi connectivity index (χ4v) is 2.78. The van der Waals surface area contributed by atoms with Crippen molar-refractivity contribution in [2.24, 2.45) is 11.3 Å². The first kappa shape index (κ1) is 11.4. The van der Waals surface area contributed by atoms with Crippen molar-refractivity contribution in [1.29, 1.82) is 0 Å². The maximum atomic E-state index is 5.44. The highest BCUT2D eigenvalue weighted by Crippen LogP contribution is 2.51. The maximum absolute atomic E-state index is 5.44. The lowest BCUT2D eigenvalue weighted by Gasteiger charge is -2.29. The molecule has 0 aliphatic heterocycles. The summed E-state index contributed by atoms with van der Waals surface area (Å²) in [5.74, 6) is 0.917. The van der Waals surface area contributed by atoms with Crippen LogP contribution in [0.15, 0.2) is 0 Å². The van der Waals surface area contributed by atoms with E-state index in [-0.39, 0.29) is 0 Å². The molecular formula is C13H25NO. The van der Waals surface area contributed by atoms with Gasteiger partial charge in [0.1, 0.15) is 0 Å². The van der Waals surface area contributed by atoms with Gasteiger partial charge in [-0.25, -0.2) is 0 Å². The van der Waals surface area contributed by atoms with Gasteiger partial charge in [0.25, 0.3) is 0 Å². The van der Waals surface area contributed by atoms with Gasteiger partial charge in [-0.2, -0.15) is 0 Å². The lowest BCUT2D eigenvalue weighted by molar-refractivity contribution is 0.0586. The van der Waals surface area contributed by atoms with Crippen LogP contribution in [0.2, 0.25) is 0 Å². The number of nitrogens with one attached hydrogen (secondary N) is 1. The van der Waals surface area contributed by atoms with Crippen LogP contribution in [0.25, 0.3) is 0 Å². The predicted octanol–water partition coefficient (Wildman–Crippen LogP) is 2.58. The standard InChI is InChI=1S/C13H25NO/c1-13(2)8-10(13)9-14-11-5-4-6-12(7-11)15-3/h10-12,14H,4-9H2,1-3H3. The van der Waals surface area contributed by atoms with Crippen LogP contribution >= 0.6 is 0 Å². The van der Waals surface area contributed by atoms with E-state index in [1.165, 1.54) is 38.6 Å². The third-order valence-electron chi connectivity index (χ3n) is 4.33. The monoisotopic (exact) mass is 211 g/mol. The molecule has 0 aromatic carbocycles. The van der Waals surface area contributed by atoms with Gasteiger partial charge in [-0.05, 0) is 50.0 Å². The van der Waals surface area contributed by atoms with Crippen molar-refractivity contribution in [1.82, 2.24) is 5.32 Å². The molecule has 2 nitrogen and oxygen atoms in total. The van der Waals surface area contributed by atoms with Crippen molar-refractivity contribution in [2.75, 3.05) is 13.7 Å². The zero-order valence-electron chi connectivity index (χ0n) is 10.4.